The van der Waals surface area contributed by atoms with Crippen LogP contribution in [-0.4, -0.2) is 20.6 Å². The summed E-state index contributed by atoms with van der Waals surface area (Å²) in [7, 11) is 0. The minimum Gasteiger partial charge on any atom is -0.481 e. The normalized spacial score (nSPS) is 18.3. The van der Waals surface area contributed by atoms with Gasteiger partial charge < -0.3 is 9.67 Å². The van der Waals surface area contributed by atoms with Crippen LogP contribution >= 0.6 is 0 Å². The fourth-order valence-corrected chi connectivity index (χ4v) is 2.49. The number of fused-ring (bicyclic) bond motifs is 1. The van der Waals surface area contributed by atoms with Crippen LogP contribution < -0.4 is 0 Å². The van der Waals surface area contributed by atoms with Gasteiger partial charge in [-0.1, -0.05) is 30.3 Å². The first-order valence-electron chi connectivity index (χ1n) is 6.08. The molecule has 3 rings (SSSR count). The molecule has 0 saturated carbocycles. The van der Waals surface area contributed by atoms with E-state index in [0.29, 0.717) is 12.8 Å². The van der Waals surface area contributed by atoms with Crippen LogP contribution in [0.15, 0.2) is 36.5 Å². The molecule has 1 aromatic carbocycles. The van der Waals surface area contributed by atoms with Gasteiger partial charge in [-0.15, -0.1) is 0 Å². The zero-order valence-electron chi connectivity index (χ0n) is 9.91. The number of benzene rings is 1. The van der Waals surface area contributed by atoms with E-state index in [4.69, 9.17) is 5.11 Å². The highest BCUT2D eigenvalue weighted by atomic mass is 16.4. The van der Waals surface area contributed by atoms with Crippen molar-refractivity contribution in [2.75, 3.05) is 0 Å². The fourth-order valence-electron chi connectivity index (χ4n) is 2.49. The fraction of sp³-hybridized carbons (Fsp3) is 0.286. The topological polar surface area (TPSA) is 55.1 Å². The largest absolute Gasteiger partial charge is 0.481 e. The van der Waals surface area contributed by atoms with Crippen molar-refractivity contribution in [3.63, 3.8) is 0 Å². The van der Waals surface area contributed by atoms with Crippen molar-refractivity contribution in [3.8, 4) is 11.4 Å². The number of hydrogen-bond donors (Lipinski definition) is 1. The molecule has 0 amide bonds. The zero-order valence-corrected chi connectivity index (χ0v) is 9.91. The third-order valence-electron chi connectivity index (χ3n) is 3.48. The van der Waals surface area contributed by atoms with Crippen molar-refractivity contribution in [2.45, 2.75) is 19.4 Å². The minimum absolute atomic E-state index is 0.266. The summed E-state index contributed by atoms with van der Waals surface area (Å²) in [5, 5.41) is 9.06. The third-order valence-corrected chi connectivity index (χ3v) is 3.48. The number of carbonyl (C=O) groups is 1. The molecule has 0 unspecified atom stereocenters. The van der Waals surface area contributed by atoms with Crippen LogP contribution in [0.4, 0.5) is 0 Å². The Bertz CT molecular complexity index is 575. The summed E-state index contributed by atoms with van der Waals surface area (Å²) >= 11 is 0. The summed E-state index contributed by atoms with van der Waals surface area (Å²) in [5.74, 6) is -0.0315. The summed E-state index contributed by atoms with van der Waals surface area (Å²) in [4.78, 5) is 15.4. The molecule has 4 nitrogen and oxygen atoms in total. The van der Waals surface area contributed by atoms with Gasteiger partial charge in [0.05, 0.1) is 5.92 Å². The highest BCUT2D eigenvalue weighted by Crippen LogP contribution is 2.27. The van der Waals surface area contributed by atoms with Crippen molar-refractivity contribution in [3.05, 3.63) is 42.2 Å². The van der Waals surface area contributed by atoms with E-state index < -0.39 is 5.97 Å². The van der Waals surface area contributed by atoms with Gasteiger partial charge in [-0.05, 0) is 6.42 Å². The van der Waals surface area contributed by atoms with Gasteiger partial charge in [0.25, 0.3) is 0 Å². The smallest absolute Gasteiger partial charge is 0.306 e. The molecular weight excluding hydrogens is 228 g/mol. The van der Waals surface area contributed by atoms with Crippen LogP contribution in [0, 0.1) is 5.92 Å². The number of imidazole rings is 1. The van der Waals surface area contributed by atoms with E-state index in [9.17, 15) is 4.79 Å². The molecule has 1 N–H and O–H groups in total. The molecule has 18 heavy (non-hydrogen) atoms. The minimum atomic E-state index is -0.705. The maximum absolute atomic E-state index is 11.0. The lowest BCUT2D eigenvalue weighted by Crippen LogP contribution is -2.25. The Hall–Kier alpha value is -2.10. The van der Waals surface area contributed by atoms with E-state index in [-0.39, 0.29) is 5.92 Å². The van der Waals surface area contributed by atoms with Gasteiger partial charge in [0.2, 0.25) is 0 Å². The predicted octanol–water partition coefficient (Wildman–Crippen LogP) is 2.20. The number of hydrogen-bond acceptors (Lipinski definition) is 2. The molecule has 0 spiro atoms. The summed E-state index contributed by atoms with van der Waals surface area (Å²) in [6.45, 7) is 0.733. The van der Waals surface area contributed by atoms with Gasteiger partial charge in [-0.3, -0.25) is 4.79 Å². The zero-order chi connectivity index (χ0) is 12.5. The molecule has 0 fully saturated rings. The Balaban J connectivity index is 1.96. The molecule has 92 valence electrons. The van der Waals surface area contributed by atoms with E-state index in [1.807, 2.05) is 30.3 Å². The molecule has 2 heterocycles. The van der Waals surface area contributed by atoms with Crippen LogP contribution in [0.1, 0.15) is 12.1 Å². The number of rotatable bonds is 2. The Labute approximate surface area is 105 Å². The first kappa shape index (κ1) is 11.0. The molecule has 4 heteroatoms. The molecule has 1 aliphatic heterocycles. The average Bonchev–Trinajstić information content (AvgIpc) is 2.82. The maximum Gasteiger partial charge on any atom is 0.306 e. The summed E-state index contributed by atoms with van der Waals surface area (Å²) < 4.78 is 2.13. The van der Waals surface area contributed by atoms with E-state index in [2.05, 4.69) is 9.55 Å². The molecule has 0 saturated heterocycles. The molecule has 0 aliphatic carbocycles. The van der Waals surface area contributed by atoms with Crippen molar-refractivity contribution in [1.82, 2.24) is 9.55 Å². The van der Waals surface area contributed by atoms with Crippen molar-refractivity contribution < 1.29 is 9.90 Å². The predicted molar refractivity (Wildman–Crippen MR) is 67.1 cm³/mol. The molecule has 1 aromatic heterocycles. The van der Waals surface area contributed by atoms with Crippen LogP contribution in [0.2, 0.25) is 0 Å². The monoisotopic (exact) mass is 242 g/mol. The van der Waals surface area contributed by atoms with E-state index >= 15 is 0 Å². The summed E-state index contributed by atoms with van der Waals surface area (Å²) in [6.07, 6.45) is 3.06. The van der Waals surface area contributed by atoms with Gasteiger partial charge in [0.1, 0.15) is 5.82 Å². The number of nitrogens with zero attached hydrogens (tertiary/aromatic N) is 2. The van der Waals surface area contributed by atoms with Crippen molar-refractivity contribution >= 4 is 5.97 Å². The Morgan fingerprint density at radius 1 is 1.33 bits per heavy atom. The second-order valence-corrected chi connectivity index (χ2v) is 4.62. The lowest BCUT2D eigenvalue weighted by Gasteiger charge is -2.21. The highest BCUT2D eigenvalue weighted by Gasteiger charge is 2.26. The SMILES string of the molecule is O=C(O)[C@@H]1CCn2c(cnc2-c2ccccc2)C1. The number of aliphatic carboxylic acids is 1. The van der Waals surface area contributed by atoms with Crippen molar-refractivity contribution in [1.29, 1.82) is 0 Å². The van der Waals surface area contributed by atoms with Crippen LogP contribution in [0.25, 0.3) is 11.4 Å². The first-order valence-corrected chi connectivity index (χ1v) is 6.08. The van der Waals surface area contributed by atoms with Gasteiger partial charge >= 0.3 is 5.97 Å². The van der Waals surface area contributed by atoms with Gasteiger partial charge in [0.15, 0.2) is 0 Å². The molecule has 1 atom stereocenters. The first-order chi connectivity index (χ1) is 8.75. The molecule has 1 aliphatic rings. The Morgan fingerprint density at radius 3 is 2.83 bits per heavy atom. The molecule has 0 bridgehead atoms. The average molecular weight is 242 g/mol. The van der Waals surface area contributed by atoms with Gasteiger partial charge in [0, 0.05) is 30.4 Å². The van der Waals surface area contributed by atoms with Gasteiger partial charge in [-0.2, -0.15) is 0 Å². The van der Waals surface area contributed by atoms with Crippen LogP contribution in [0.3, 0.4) is 0 Å². The summed E-state index contributed by atoms with van der Waals surface area (Å²) in [5.41, 5.74) is 2.10. The Morgan fingerprint density at radius 2 is 2.11 bits per heavy atom. The quantitative estimate of drug-likeness (QED) is 0.878. The van der Waals surface area contributed by atoms with E-state index in [1.54, 1.807) is 6.20 Å². The standard InChI is InChI=1S/C14H14N2O2/c17-14(18)11-6-7-16-12(8-11)9-15-13(16)10-4-2-1-3-5-10/h1-5,9,11H,6-8H2,(H,17,18)/t11-/m1/s1. The van der Waals surface area contributed by atoms with Crippen molar-refractivity contribution in [2.24, 2.45) is 5.92 Å². The lowest BCUT2D eigenvalue weighted by atomic mass is 9.96. The maximum atomic E-state index is 11.0. The molecule has 2 aromatic rings. The molecule has 0 radical (unpaired) electrons. The highest BCUT2D eigenvalue weighted by molar-refractivity contribution is 5.70. The summed E-state index contributed by atoms with van der Waals surface area (Å²) in [6, 6.07) is 10.0. The van der Waals surface area contributed by atoms with Crippen LogP contribution in [0.5, 0.6) is 0 Å². The Kier molecular flexibility index (Phi) is 2.63. The number of carboxylic acids is 1. The second kappa shape index (κ2) is 4.29. The van der Waals surface area contributed by atoms with Gasteiger partial charge in [-0.25, -0.2) is 4.98 Å². The van der Waals surface area contributed by atoms with E-state index in [1.165, 1.54) is 0 Å². The number of aromatic nitrogens is 2. The van der Waals surface area contributed by atoms with Crippen LogP contribution in [-0.2, 0) is 17.8 Å². The lowest BCUT2D eigenvalue weighted by molar-refractivity contribution is -0.142. The third kappa shape index (κ3) is 1.79. The van der Waals surface area contributed by atoms with E-state index in [0.717, 1.165) is 23.6 Å². The second-order valence-electron chi connectivity index (χ2n) is 4.62. The molecular formula is C14H14N2O2. The number of carboxylic acid groups (broad SMARTS) is 1.